The molecule has 2 fully saturated rings. The van der Waals surface area contributed by atoms with Crippen LogP contribution in [0.4, 0.5) is 0 Å². The average Bonchev–Trinajstić information content (AvgIpc) is 2.62. The van der Waals surface area contributed by atoms with Crippen molar-refractivity contribution < 1.29 is 8.42 Å². The van der Waals surface area contributed by atoms with Crippen LogP contribution in [0.2, 0.25) is 0 Å². The van der Waals surface area contributed by atoms with Gasteiger partial charge in [0.2, 0.25) is 10.0 Å². The summed E-state index contributed by atoms with van der Waals surface area (Å²) in [5, 5.41) is 3.42. The molecule has 0 aliphatic carbocycles. The topological polar surface area (TPSA) is 61.4 Å². The molecule has 2 heterocycles. The van der Waals surface area contributed by atoms with Crippen molar-refractivity contribution in [3.63, 3.8) is 0 Å². The molecule has 2 saturated heterocycles. The summed E-state index contributed by atoms with van der Waals surface area (Å²) in [5.74, 6) is 1.21. The van der Waals surface area contributed by atoms with E-state index in [0.717, 1.165) is 44.1 Å². The lowest BCUT2D eigenvalue weighted by molar-refractivity contribution is 0.141. The van der Waals surface area contributed by atoms with Gasteiger partial charge < -0.3 is 10.2 Å². The second-order valence-corrected chi connectivity index (χ2v) is 9.39. The second kappa shape index (κ2) is 8.62. The van der Waals surface area contributed by atoms with Crippen molar-refractivity contribution in [2.24, 2.45) is 11.8 Å². The first-order chi connectivity index (χ1) is 12.0. The number of hydrogen-bond donors (Lipinski definition) is 2. The molecule has 5 nitrogen and oxygen atoms in total. The van der Waals surface area contributed by atoms with Gasteiger partial charge in [-0.2, -0.15) is 0 Å². The van der Waals surface area contributed by atoms with Gasteiger partial charge in [-0.05, 0) is 76.2 Å². The summed E-state index contributed by atoms with van der Waals surface area (Å²) in [7, 11) is -3.40. The molecule has 3 rings (SSSR count). The van der Waals surface area contributed by atoms with E-state index in [1.165, 1.54) is 25.8 Å². The summed E-state index contributed by atoms with van der Waals surface area (Å²) < 4.78 is 27.7. The molecule has 2 aliphatic rings. The molecule has 2 N–H and O–H groups in total. The van der Waals surface area contributed by atoms with Crippen LogP contribution >= 0.6 is 0 Å². The van der Waals surface area contributed by atoms with Crippen molar-refractivity contribution in [2.75, 3.05) is 39.3 Å². The monoisotopic (exact) mass is 365 g/mol. The zero-order valence-corrected chi connectivity index (χ0v) is 16.0. The third kappa shape index (κ3) is 5.51. The zero-order chi connectivity index (χ0) is 17.7. The molecule has 1 aromatic rings. The fourth-order valence-corrected chi connectivity index (χ4v) is 5.06. The predicted octanol–water partition coefficient (Wildman–Crippen LogP) is 1.98. The van der Waals surface area contributed by atoms with E-state index in [1.807, 2.05) is 19.1 Å². The van der Waals surface area contributed by atoms with Crippen LogP contribution in [0.3, 0.4) is 0 Å². The van der Waals surface area contributed by atoms with Gasteiger partial charge in [0.05, 0.1) is 4.90 Å². The molecule has 0 amide bonds. The standard InChI is InChI=1S/C19H31N3O2S/c1-16-4-6-19(7-5-16)25(23,24)21-13-18-3-2-12-22(15-18)14-17-8-10-20-11-9-17/h4-7,17-18,20-21H,2-3,8-15H2,1H3. The molecular formula is C19H31N3O2S. The maximum Gasteiger partial charge on any atom is 0.240 e. The zero-order valence-electron chi connectivity index (χ0n) is 15.2. The highest BCUT2D eigenvalue weighted by Gasteiger charge is 2.24. The molecule has 0 bridgehead atoms. The predicted molar refractivity (Wildman–Crippen MR) is 101 cm³/mol. The molecule has 0 radical (unpaired) electrons. The summed E-state index contributed by atoms with van der Waals surface area (Å²) in [6, 6.07) is 7.05. The Morgan fingerprint density at radius 1 is 1.12 bits per heavy atom. The molecule has 0 spiro atoms. The third-order valence-corrected chi connectivity index (χ3v) is 6.91. The highest BCUT2D eigenvalue weighted by Crippen LogP contribution is 2.21. The van der Waals surface area contributed by atoms with Crippen LogP contribution in [0.15, 0.2) is 29.2 Å². The van der Waals surface area contributed by atoms with Gasteiger partial charge in [-0.3, -0.25) is 0 Å². The maximum absolute atomic E-state index is 12.5. The number of sulfonamides is 1. The van der Waals surface area contributed by atoms with Crippen molar-refractivity contribution in [2.45, 2.75) is 37.5 Å². The first-order valence-corrected chi connectivity index (χ1v) is 11.0. The molecule has 1 atom stereocenters. The van der Waals surface area contributed by atoms with Crippen LogP contribution < -0.4 is 10.0 Å². The van der Waals surface area contributed by atoms with Crippen LogP contribution in [-0.4, -0.2) is 52.6 Å². The van der Waals surface area contributed by atoms with Gasteiger partial charge in [-0.1, -0.05) is 17.7 Å². The minimum atomic E-state index is -3.40. The van der Waals surface area contributed by atoms with E-state index in [9.17, 15) is 8.42 Å². The van der Waals surface area contributed by atoms with Crippen LogP contribution in [0.1, 0.15) is 31.2 Å². The van der Waals surface area contributed by atoms with E-state index in [-0.39, 0.29) is 0 Å². The fraction of sp³-hybridized carbons (Fsp3) is 0.684. The SMILES string of the molecule is Cc1ccc(S(=O)(=O)NCC2CCCN(CC3CCNCC3)C2)cc1. The van der Waals surface area contributed by atoms with Gasteiger partial charge >= 0.3 is 0 Å². The van der Waals surface area contributed by atoms with Crippen LogP contribution in [0.25, 0.3) is 0 Å². The van der Waals surface area contributed by atoms with Crippen molar-refractivity contribution in [1.82, 2.24) is 14.9 Å². The van der Waals surface area contributed by atoms with Gasteiger partial charge in [0.25, 0.3) is 0 Å². The Bertz CT molecular complexity index is 639. The quantitative estimate of drug-likeness (QED) is 0.809. The molecule has 6 heteroatoms. The molecule has 25 heavy (non-hydrogen) atoms. The molecule has 1 aromatic carbocycles. The van der Waals surface area contributed by atoms with Crippen molar-refractivity contribution in [3.8, 4) is 0 Å². The number of benzene rings is 1. The molecule has 0 aromatic heterocycles. The van der Waals surface area contributed by atoms with E-state index in [1.54, 1.807) is 12.1 Å². The molecular weight excluding hydrogens is 334 g/mol. The van der Waals surface area contributed by atoms with Gasteiger partial charge in [-0.25, -0.2) is 13.1 Å². The smallest absolute Gasteiger partial charge is 0.240 e. The largest absolute Gasteiger partial charge is 0.317 e. The Kier molecular flexibility index (Phi) is 6.49. The summed E-state index contributed by atoms with van der Waals surface area (Å²) in [6.07, 6.45) is 4.81. The molecule has 140 valence electrons. The normalized spacial score (nSPS) is 23.6. The number of likely N-dealkylation sites (tertiary alicyclic amines) is 1. The third-order valence-electron chi connectivity index (χ3n) is 5.47. The summed E-state index contributed by atoms with van der Waals surface area (Å²) in [6.45, 7) is 8.12. The minimum Gasteiger partial charge on any atom is -0.317 e. The van der Waals surface area contributed by atoms with Crippen LogP contribution in [0.5, 0.6) is 0 Å². The average molecular weight is 366 g/mol. The maximum atomic E-state index is 12.5. The number of aryl methyl sites for hydroxylation is 1. The van der Waals surface area contributed by atoms with Gasteiger partial charge in [-0.15, -0.1) is 0 Å². The number of hydrogen-bond acceptors (Lipinski definition) is 4. The van der Waals surface area contributed by atoms with E-state index >= 15 is 0 Å². The highest BCUT2D eigenvalue weighted by molar-refractivity contribution is 7.89. The van der Waals surface area contributed by atoms with Crippen LogP contribution in [-0.2, 0) is 10.0 Å². The second-order valence-electron chi connectivity index (χ2n) is 7.63. The van der Waals surface area contributed by atoms with Crippen molar-refractivity contribution in [3.05, 3.63) is 29.8 Å². The lowest BCUT2D eigenvalue weighted by Crippen LogP contribution is -2.44. The Morgan fingerprint density at radius 3 is 2.56 bits per heavy atom. The first kappa shape index (κ1) is 18.8. The lowest BCUT2D eigenvalue weighted by atomic mass is 9.94. The fourth-order valence-electron chi connectivity index (χ4n) is 3.94. The van der Waals surface area contributed by atoms with Gasteiger partial charge in [0.1, 0.15) is 0 Å². The Balaban J connectivity index is 1.49. The van der Waals surface area contributed by atoms with Crippen LogP contribution in [0, 0.1) is 18.8 Å². The highest BCUT2D eigenvalue weighted by atomic mass is 32.2. The Hall–Kier alpha value is -0.950. The minimum absolute atomic E-state index is 0.362. The van der Waals surface area contributed by atoms with Gasteiger partial charge in [0.15, 0.2) is 0 Å². The lowest BCUT2D eigenvalue weighted by Gasteiger charge is -2.36. The summed E-state index contributed by atoms with van der Waals surface area (Å²) >= 11 is 0. The van der Waals surface area contributed by atoms with E-state index in [0.29, 0.717) is 17.4 Å². The Labute approximate surface area is 152 Å². The summed E-state index contributed by atoms with van der Waals surface area (Å²) in [4.78, 5) is 2.91. The van der Waals surface area contributed by atoms with Crippen molar-refractivity contribution >= 4 is 10.0 Å². The number of piperidine rings is 2. The number of nitrogens with zero attached hydrogens (tertiary/aromatic N) is 1. The summed E-state index contributed by atoms with van der Waals surface area (Å²) in [5.41, 5.74) is 1.07. The number of nitrogens with one attached hydrogen (secondary N) is 2. The molecule has 0 saturated carbocycles. The van der Waals surface area contributed by atoms with Gasteiger partial charge in [0, 0.05) is 19.6 Å². The molecule has 2 aliphatic heterocycles. The van der Waals surface area contributed by atoms with Crippen molar-refractivity contribution in [1.29, 1.82) is 0 Å². The Morgan fingerprint density at radius 2 is 1.84 bits per heavy atom. The van der Waals surface area contributed by atoms with E-state index < -0.39 is 10.0 Å². The van der Waals surface area contributed by atoms with E-state index in [4.69, 9.17) is 0 Å². The number of rotatable bonds is 6. The molecule has 1 unspecified atom stereocenters. The first-order valence-electron chi connectivity index (χ1n) is 9.52. The van der Waals surface area contributed by atoms with E-state index in [2.05, 4.69) is 14.9 Å².